The molecule has 1 N–H and O–H groups in total. The van der Waals surface area contributed by atoms with Crippen molar-refractivity contribution in [1.82, 2.24) is 14.5 Å². The maximum atomic E-state index is 14.8. The topological polar surface area (TPSA) is 52.9 Å². The summed E-state index contributed by atoms with van der Waals surface area (Å²) < 4.78 is 30.8. The Hall–Kier alpha value is -1.82. The van der Waals surface area contributed by atoms with Crippen LogP contribution >= 0.6 is 32.4 Å². The van der Waals surface area contributed by atoms with E-state index in [9.17, 15) is 8.94 Å². The van der Waals surface area contributed by atoms with Crippen molar-refractivity contribution in [1.29, 1.82) is 0 Å². The Kier molecular flexibility index (Phi) is 6.71. The lowest BCUT2D eigenvalue weighted by Crippen LogP contribution is -2.33. The molecule has 1 aliphatic rings. The zero-order chi connectivity index (χ0) is 23.2. The molecule has 4 rings (SSSR count). The molecule has 1 heterocycles. The number of fused-ring (bicyclic) bond motifs is 1. The lowest BCUT2D eigenvalue weighted by molar-refractivity contribution is 0.596. The molecule has 4 nitrogen and oxygen atoms in total. The molecule has 0 aliphatic heterocycles. The van der Waals surface area contributed by atoms with Gasteiger partial charge in [-0.25, -0.2) is 13.8 Å². The van der Waals surface area contributed by atoms with Crippen LogP contribution in [-0.4, -0.2) is 20.6 Å². The number of rotatable bonds is 5. The van der Waals surface area contributed by atoms with Crippen LogP contribution in [0.1, 0.15) is 18.9 Å². The van der Waals surface area contributed by atoms with Crippen molar-refractivity contribution in [2.75, 3.05) is 6.26 Å². The van der Waals surface area contributed by atoms with Gasteiger partial charge in [0, 0.05) is 21.4 Å². The fourth-order valence-electron chi connectivity index (χ4n) is 3.75. The zero-order valence-electron chi connectivity index (χ0n) is 17.5. The quantitative estimate of drug-likeness (QED) is 0.420. The third kappa shape index (κ3) is 4.48. The maximum absolute atomic E-state index is 14.8. The van der Waals surface area contributed by atoms with Crippen LogP contribution < -0.4 is 20.6 Å². The van der Waals surface area contributed by atoms with E-state index in [1.54, 1.807) is 22.9 Å². The fourth-order valence-corrected chi connectivity index (χ4v) is 5.02. The highest BCUT2D eigenvalue weighted by molar-refractivity contribution is 7.89. The van der Waals surface area contributed by atoms with E-state index < -0.39 is 17.2 Å². The van der Waals surface area contributed by atoms with Gasteiger partial charge < -0.3 is 4.55 Å². The summed E-state index contributed by atoms with van der Waals surface area (Å²) in [5.41, 5.74) is 2.80. The molecule has 166 valence electrons. The summed E-state index contributed by atoms with van der Waals surface area (Å²) in [4.78, 5) is 0. The summed E-state index contributed by atoms with van der Waals surface area (Å²) in [6.45, 7) is 6.06. The van der Waals surface area contributed by atoms with E-state index in [4.69, 9.17) is 28.3 Å². The first-order valence-corrected chi connectivity index (χ1v) is 12.7. The molecule has 2 aromatic carbocycles. The highest BCUT2D eigenvalue weighted by Gasteiger charge is 2.20. The molecule has 1 aromatic heterocycles. The Morgan fingerprint density at radius 1 is 1.34 bits per heavy atom. The average molecular weight is 508 g/mol. The second-order valence-corrected chi connectivity index (χ2v) is 10.3. The van der Waals surface area contributed by atoms with Gasteiger partial charge in [-0.1, -0.05) is 48.9 Å². The van der Waals surface area contributed by atoms with Crippen LogP contribution in [0, 0.1) is 11.7 Å². The maximum Gasteiger partial charge on any atom is 0.134 e. The Balaban J connectivity index is 1.92. The first-order valence-electron chi connectivity index (χ1n) is 9.81. The van der Waals surface area contributed by atoms with Gasteiger partial charge in [0.2, 0.25) is 0 Å². The molecular formula is C23H21Cl2FN3OPS. The van der Waals surface area contributed by atoms with Gasteiger partial charge in [-0.3, -0.25) is 0 Å². The van der Waals surface area contributed by atoms with E-state index >= 15 is 0 Å². The zero-order valence-corrected chi connectivity index (χ0v) is 20.9. The second kappa shape index (κ2) is 9.20. The Morgan fingerprint density at radius 2 is 2.09 bits per heavy atom. The monoisotopic (exact) mass is 507 g/mol. The largest absolute Gasteiger partial charge is 0.593 e. The second-order valence-electron chi connectivity index (χ2n) is 7.69. The van der Waals surface area contributed by atoms with Crippen LogP contribution in [0.5, 0.6) is 0 Å². The molecule has 3 aromatic rings. The van der Waals surface area contributed by atoms with E-state index in [1.807, 2.05) is 6.07 Å². The van der Waals surface area contributed by atoms with Crippen LogP contribution in [0.4, 0.5) is 4.39 Å². The minimum absolute atomic E-state index is 0.300. The number of aromatic nitrogens is 2. The van der Waals surface area contributed by atoms with Crippen molar-refractivity contribution in [2.45, 2.75) is 13.3 Å². The van der Waals surface area contributed by atoms with Crippen molar-refractivity contribution in [3.05, 3.63) is 68.9 Å². The summed E-state index contributed by atoms with van der Waals surface area (Å²) in [5, 5.41) is 8.08. The van der Waals surface area contributed by atoms with E-state index in [-0.39, 0.29) is 0 Å². The molecule has 0 amide bonds. The summed E-state index contributed by atoms with van der Waals surface area (Å²) in [7, 11) is 2.65. The first-order chi connectivity index (χ1) is 15.2. The van der Waals surface area contributed by atoms with Crippen LogP contribution in [-0.2, 0) is 11.4 Å². The highest BCUT2D eigenvalue weighted by atomic mass is 35.5. The SMILES string of the molecule is C=C(N[S+](C)[O-])c1cc(Cl)c(-n2nc(-c3ccc(Cl)cc3F)c3c2=CCC(C)C=3)cc1P. The molecule has 0 fully saturated rings. The molecule has 3 unspecified atom stereocenters. The molecule has 0 spiro atoms. The third-order valence-electron chi connectivity index (χ3n) is 5.22. The summed E-state index contributed by atoms with van der Waals surface area (Å²) in [6.07, 6.45) is 6.57. The molecule has 0 bridgehead atoms. The van der Waals surface area contributed by atoms with Crippen molar-refractivity contribution >= 4 is 67.0 Å². The van der Waals surface area contributed by atoms with Crippen LogP contribution in [0.3, 0.4) is 0 Å². The van der Waals surface area contributed by atoms with Gasteiger partial charge in [0.1, 0.15) is 17.8 Å². The number of nitrogens with one attached hydrogen (secondary N) is 1. The van der Waals surface area contributed by atoms with Crippen molar-refractivity contribution in [3.8, 4) is 16.9 Å². The summed E-state index contributed by atoms with van der Waals surface area (Å²) in [6, 6.07) is 8.21. The minimum atomic E-state index is -1.25. The van der Waals surface area contributed by atoms with Gasteiger partial charge in [-0.05, 0) is 48.0 Å². The third-order valence-corrected chi connectivity index (χ3v) is 6.77. The van der Waals surface area contributed by atoms with Crippen molar-refractivity contribution < 1.29 is 8.94 Å². The predicted molar refractivity (Wildman–Crippen MR) is 137 cm³/mol. The smallest absolute Gasteiger partial charge is 0.134 e. The minimum Gasteiger partial charge on any atom is -0.593 e. The van der Waals surface area contributed by atoms with Crippen LogP contribution in [0.25, 0.3) is 34.8 Å². The number of halogens is 3. The Labute approximate surface area is 201 Å². The fraction of sp³-hybridized carbons (Fsp3) is 0.174. The van der Waals surface area contributed by atoms with Gasteiger partial charge >= 0.3 is 0 Å². The summed E-state index contributed by atoms with van der Waals surface area (Å²) in [5.74, 6) is -0.131. The van der Waals surface area contributed by atoms with Crippen LogP contribution in [0.2, 0.25) is 10.0 Å². The molecule has 3 atom stereocenters. The van der Waals surface area contributed by atoms with E-state index in [2.05, 4.69) is 39.6 Å². The summed E-state index contributed by atoms with van der Waals surface area (Å²) >= 11 is 11.4. The first kappa shape index (κ1) is 23.3. The molecule has 1 aliphatic carbocycles. The number of hydrogen-bond donors (Lipinski definition) is 1. The molecule has 0 radical (unpaired) electrons. The van der Waals surface area contributed by atoms with E-state index in [0.717, 1.165) is 27.9 Å². The number of hydrogen-bond acceptors (Lipinski definition) is 3. The average Bonchev–Trinajstić information content (AvgIpc) is 3.07. The van der Waals surface area contributed by atoms with Crippen molar-refractivity contribution in [3.63, 3.8) is 0 Å². The molecule has 9 heteroatoms. The normalized spacial score (nSPS) is 16.0. The highest BCUT2D eigenvalue weighted by Crippen LogP contribution is 2.26. The van der Waals surface area contributed by atoms with Gasteiger partial charge in [0.15, 0.2) is 0 Å². The number of nitrogens with zero attached hydrogens (tertiary/aromatic N) is 2. The van der Waals surface area contributed by atoms with Gasteiger partial charge in [-0.15, -0.1) is 9.24 Å². The predicted octanol–water partition coefficient (Wildman–Crippen LogP) is 3.94. The lowest BCUT2D eigenvalue weighted by atomic mass is 9.99. The number of benzene rings is 2. The molecule has 0 saturated carbocycles. The standard InChI is InChI=1S/C23H21Cl2FN3OPS/c1-12-4-7-20-17(8-12)23(15-6-5-14(24)9-19(15)26)27-29(20)21-11-22(31)16(10-18(21)25)13(2)28-32(3)30/h5-12,28H,2,4,31H2,1,3H3. The lowest BCUT2D eigenvalue weighted by Gasteiger charge is -2.15. The Morgan fingerprint density at radius 3 is 2.78 bits per heavy atom. The van der Waals surface area contributed by atoms with Crippen molar-refractivity contribution in [2.24, 2.45) is 5.92 Å². The van der Waals surface area contributed by atoms with Gasteiger partial charge in [-0.2, -0.15) is 5.10 Å². The molecule has 32 heavy (non-hydrogen) atoms. The van der Waals surface area contributed by atoms with E-state index in [0.29, 0.717) is 38.6 Å². The Bertz CT molecular complexity index is 1360. The molecular weight excluding hydrogens is 487 g/mol. The van der Waals surface area contributed by atoms with Gasteiger partial charge in [0.25, 0.3) is 0 Å². The van der Waals surface area contributed by atoms with Crippen LogP contribution in [0.15, 0.2) is 36.9 Å². The molecule has 0 saturated heterocycles. The van der Waals surface area contributed by atoms with Gasteiger partial charge in [0.05, 0.1) is 33.1 Å². The van der Waals surface area contributed by atoms with E-state index in [1.165, 1.54) is 12.3 Å².